The summed E-state index contributed by atoms with van der Waals surface area (Å²) in [6.07, 6.45) is 17.7. The Morgan fingerprint density at radius 1 is 0.973 bits per heavy atom. The minimum Gasteiger partial charge on any atom is -0.507 e. The lowest BCUT2D eigenvalue weighted by atomic mass is 9.52. The summed E-state index contributed by atoms with van der Waals surface area (Å²) in [6.45, 7) is 5.24. The predicted octanol–water partition coefficient (Wildman–Crippen LogP) is 4.26. The van der Waals surface area contributed by atoms with Gasteiger partial charge in [0.05, 0.1) is 6.04 Å². The number of ketones is 1. The maximum atomic E-state index is 12.9. The molecule has 2 bridgehead atoms. The van der Waals surface area contributed by atoms with E-state index in [-0.39, 0.29) is 28.9 Å². The maximum absolute atomic E-state index is 12.9. The Hall–Kier alpha value is -2.63. The smallest absolute Gasteiger partial charge is 0.259 e. The summed E-state index contributed by atoms with van der Waals surface area (Å²) in [4.78, 5) is 37.9. The quantitative estimate of drug-likeness (QED) is 0.367. The van der Waals surface area contributed by atoms with E-state index < -0.39 is 11.9 Å². The molecule has 0 radical (unpaired) electrons. The molecular formula is C31H40N2O4. The van der Waals surface area contributed by atoms with Crippen molar-refractivity contribution in [2.75, 3.05) is 6.54 Å². The molecule has 0 unspecified atom stereocenters. The van der Waals surface area contributed by atoms with Crippen molar-refractivity contribution >= 4 is 17.6 Å². The van der Waals surface area contributed by atoms with Crippen LogP contribution in [-0.4, -0.2) is 35.3 Å². The van der Waals surface area contributed by atoms with E-state index in [1.807, 2.05) is 6.08 Å². The largest absolute Gasteiger partial charge is 0.507 e. The number of allylic oxidation sites excluding steroid dienone is 5. The highest BCUT2D eigenvalue weighted by atomic mass is 16.3. The van der Waals surface area contributed by atoms with Gasteiger partial charge in [0.25, 0.3) is 5.91 Å². The lowest BCUT2D eigenvalue weighted by Crippen LogP contribution is -2.47. The Morgan fingerprint density at radius 3 is 2.49 bits per heavy atom. The molecule has 2 amide bonds. The molecule has 2 heterocycles. The van der Waals surface area contributed by atoms with Crippen molar-refractivity contribution in [3.63, 3.8) is 0 Å². The number of hydrogen-bond donors (Lipinski definition) is 3. The lowest BCUT2D eigenvalue weighted by Gasteiger charge is -2.53. The maximum Gasteiger partial charge on any atom is 0.259 e. The molecule has 37 heavy (non-hydrogen) atoms. The molecule has 1 saturated heterocycles. The van der Waals surface area contributed by atoms with Crippen LogP contribution in [0.15, 0.2) is 47.8 Å². The first kappa shape index (κ1) is 24.7. The first-order valence-corrected chi connectivity index (χ1v) is 14.5. The summed E-state index contributed by atoms with van der Waals surface area (Å²) in [6, 6.07) is -0.643. The zero-order valence-electron chi connectivity index (χ0n) is 21.9. The number of aliphatic hydroxyl groups is 1. The van der Waals surface area contributed by atoms with Crippen LogP contribution in [0.1, 0.15) is 52.4 Å². The second-order valence-corrected chi connectivity index (χ2v) is 12.5. The summed E-state index contributed by atoms with van der Waals surface area (Å²) in [5.74, 6) is 4.95. The summed E-state index contributed by atoms with van der Waals surface area (Å²) in [5, 5.41) is 16.5. The topological polar surface area (TPSA) is 95.5 Å². The summed E-state index contributed by atoms with van der Waals surface area (Å²) >= 11 is 0. The van der Waals surface area contributed by atoms with Gasteiger partial charge in [-0.1, -0.05) is 44.6 Å². The van der Waals surface area contributed by atoms with Crippen LogP contribution >= 0.6 is 0 Å². The average Bonchev–Trinajstić information content (AvgIpc) is 3.45. The molecule has 3 saturated carbocycles. The molecule has 6 heteroatoms. The normalized spacial score (nSPS) is 48.7. The molecule has 0 aromatic rings. The van der Waals surface area contributed by atoms with Crippen LogP contribution in [0.2, 0.25) is 0 Å². The van der Waals surface area contributed by atoms with E-state index in [2.05, 4.69) is 42.7 Å². The van der Waals surface area contributed by atoms with Gasteiger partial charge in [-0.15, -0.1) is 0 Å². The second kappa shape index (κ2) is 9.59. The molecule has 6 nitrogen and oxygen atoms in total. The number of aliphatic hydroxyl groups excluding tert-OH is 1. The number of amides is 2. The number of carbonyl (C=O) groups is 3. The Labute approximate surface area is 219 Å². The first-order valence-electron chi connectivity index (χ1n) is 14.5. The summed E-state index contributed by atoms with van der Waals surface area (Å²) < 4.78 is 0. The van der Waals surface area contributed by atoms with E-state index in [9.17, 15) is 19.5 Å². The highest BCUT2D eigenvalue weighted by Gasteiger charge is 2.61. The molecule has 4 fully saturated rings. The van der Waals surface area contributed by atoms with E-state index >= 15 is 0 Å². The standard InChI is InChI=1S/C31H40N2O4/c1-3-18-16(2)14-22-23-15-17-9-12-25(34)29-30(36)24(33-31(29)37)7-5-13-32-26(35)8-4-6-19(17)28(23)21-11-10-20(21)27(18)22/h4,8-12,16-24,27-28,34H,3,5-7,13-15H2,1-2H3,(H,32,35)(H,33,37)/b8-4-,12-9+,29-25+/t16-,17-,18-,19+,20+,21-,22-,23-,24+,27-,28+/m1/s1. The Kier molecular flexibility index (Phi) is 6.40. The monoisotopic (exact) mass is 504 g/mol. The number of rotatable bonds is 1. The van der Waals surface area contributed by atoms with Gasteiger partial charge in [-0.05, 0) is 103 Å². The van der Waals surface area contributed by atoms with Crippen LogP contribution < -0.4 is 10.6 Å². The van der Waals surface area contributed by atoms with Crippen LogP contribution in [0.4, 0.5) is 0 Å². The van der Waals surface area contributed by atoms with Gasteiger partial charge in [0.15, 0.2) is 5.78 Å². The molecule has 198 valence electrons. The van der Waals surface area contributed by atoms with Crippen molar-refractivity contribution in [2.24, 2.45) is 59.2 Å². The fourth-order valence-corrected chi connectivity index (χ4v) is 9.37. The molecule has 11 atom stereocenters. The van der Waals surface area contributed by atoms with Crippen LogP contribution in [0.25, 0.3) is 0 Å². The average molecular weight is 505 g/mol. The third kappa shape index (κ3) is 4.02. The van der Waals surface area contributed by atoms with E-state index in [0.717, 1.165) is 36.5 Å². The van der Waals surface area contributed by atoms with Gasteiger partial charge >= 0.3 is 0 Å². The van der Waals surface area contributed by atoms with Crippen molar-refractivity contribution in [2.45, 2.75) is 58.4 Å². The number of hydrogen-bond acceptors (Lipinski definition) is 4. The van der Waals surface area contributed by atoms with Gasteiger partial charge < -0.3 is 15.7 Å². The Bertz CT molecular complexity index is 1100. The number of carbonyl (C=O) groups excluding carboxylic acids is 3. The van der Waals surface area contributed by atoms with Crippen molar-refractivity contribution < 1.29 is 19.5 Å². The molecule has 2 aliphatic heterocycles. The van der Waals surface area contributed by atoms with Crippen LogP contribution in [0, 0.1) is 59.2 Å². The van der Waals surface area contributed by atoms with E-state index in [1.54, 1.807) is 12.2 Å². The molecule has 6 rings (SSSR count). The van der Waals surface area contributed by atoms with E-state index in [1.165, 1.54) is 12.8 Å². The number of nitrogens with one attached hydrogen (secondary N) is 2. The van der Waals surface area contributed by atoms with Crippen LogP contribution in [0.3, 0.4) is 0 Å². The summed E-state index contributed by atoms with van der Waals surface area (Å²) in [5.41, 5.74) is -0.123. The van der Waals surface area contributed by atoms with Crippen molar-refractivity contribution in [1.82, 2.24) is 10.6 Å². The molecule has 4 aliphatic carbocycles. The molecule has 6 aliphatic rings. The fraction of sp³-hybridized carbons (Fsp3) is 0.645. The van der Waals surface area contributed by atoms with Crippen molar-refractivity contribution in [3.05, 3.63) is 47.8 Å². The molecule has 0 aromatic heterocycles. The van der Waals surface area contributed by atoms with Gasteiger partial charge in [0.1, 0.15) is 11.3 Å². The molecule has 0 aromatic carbocycles. The minimum absolute atomic E-state index is 0.103. The second-order valence-electron chi connectivity index (χ2n) is 12.5. The number of fused-ring (bicyclic) bond motifs is 10. The third-order valence-electron chi connectivity index (χ3n) is 10.9. The van der Waals surface area contributed by atoms with Crippen LogP contribution in [0.5, 0.6) is 0 Å². The van der Waals surface area contributed by atoms with Gasteiger partial charge in [0.2, 0.25) is 5.91 Å². The predicted molar refractivity (Wildman–Crippen MR) is 141 cm³/mol. The summed E-state index contributed by atoms with van der Waals surface area (Å²) in [7, 11) is 0. The van der Waals surface area contributed by atoms with Gasteiger partial charge in [-0.3, -0.25) is 14.4 Å². The van der Waals surface area contributed by atoms with Gasteiger partial charge in [0, 0.05) is 6.54 Å². The fourth-order valence-electron chi connectivity index (χ4n) is 9.37. The van der Waals surface area contributed by atoms with Crippen molar-refractivity contribution in [3.8, 4) is 0 Å². The highest BCUT2D eigenvalue weighted by Crippen LogP contribution is 2.67. The minimum atomic E-state index is -0.643. The van der Waals surface area contributed by atoms with E-state index in [4.69, 9.17) is 0 Å². The molecule has 0 spiro atoms. The van der Waals surface area contributed by atoms with Crippen molar-refractivity contribution in [1.29, 1.82) is 0 Å². The van der Waals surface area contributed by atoms with Gasteiger partial charge in [-0.25, -0.2) is 0 Å². The SMILES string of the molecule is CC[C@H]1[C@@H]2[C@H]3C=C[C@H]3[C@H]3[C@H](C[C@H]4/C=C/C(O)=C5\C(=O)N[C@@H](CCCNC(=O)/C=C\C[C@H]34)C5=O)[C@H]2C[C@H]1C. The van der Waals surface area contributed by atoms with E-state index in [0.29, 0.717) is 49.0 Å². The zero-order valence-corrected chi connectivity index (χ0v) is 21.9. The Morgan fingerprint density at radius 2 is 1.73 bits per heavy atom. The van der Waals surface area contributed by atoms with Crippen LogP contribution in [-0.2, 0) is 14.4 Å². The molecule has 3 N–H and O–H groups in total. The highest BCUT2D eigenvalue weighted by molar-refractivity contribution is 6.27. The Balaban J connectivity index is 1.35. The zero-order chi connectivity index (χ0) is 25.8. The first-order chi connectivity index (χ1) is 17.9. The third-order valence-corrected chi connectivity index (χ3v) is 10.9. The lowest BCUT2D eigenvalue weighted by molar-refractivity contribution is -0.118. The molecular weight excluding hydrogens is 464 g/mol. The number of Topliss-reactive ketones (excluding diaryl/α,β-unsaturated/α-hetero) is 1. The van der Waals surface area contributed by atoms with Gasteiger partial charge in [-0.2, -0.15) is 0 Å².